The van der Waals surface area contributed by atoms with Crippen molar-refractivity contribution in [3.63, 3.8) is 0 Å². The first-order chi connectivity index (χ1) is 8.20. The van der Waals surface area contributed by atoms with Crippen molar-refractivity contribution in [1.29, 1.82) is 5.26 Å². The van der Waals surface area contributed by atoms with Crippen molar-refractivity contribution < 1.29 is 4.74 Å². The van der Waals surface area contributed by atoms with E-state index < -0.39 is 0 Å². The standard InChI is InChI=1S/C13H9ClN2O/c14-11-7-10(5-6-12(11)16)17-13-4-2-1-3-9(13)8-15/h1-7H,16H2. The number of anilines is 1. The Balaban J connectivity index is 2.32. The van der Waals surface area contributed by atoms with E-state index >= 15 is 0 Å². The van der Waals surface area contributed by atoms with Crippen LogP contribution >= 0.6 is 11.6 Å². The molecule has 0 aromatic heterocycles. The summed E-state index contributed by atoms with van der Waals surface area (Å²) in [5.74, 6) is 1.04. The highest BCUT2D eigenvalue weighted by Crippen LogP contribution is 2.29. The Labute approximate surface area is 104 Å². The van der Waals surface area contributed by atoms with Crippen LogP contribution in [0.3, 0.4) is 0 Å². The van der Waals surface area contributed by atoms with Crippen molar-refractivity contribution in [1.82, 2.24) is 0 Å². The van der Waals surface area contributed by atoms with Crippen LogP contribution in [0.5, 0.6) is 11.5 Å². The Bertz CT molecular complexity index is 590. The van der Waals surface area contributed by atoms with Gasteiger partial charge in [0.2, 0.25) is 0 Å². The molecule has 0 heterocycles. The van der Waals surface area contributed by atoms with Gasteiger partial charge in [0.05, 0.1) is 16.3 Å². The first-order valence-electron chi connectivity index (χ1n) is 4.92. The fourth-order valence-electron chi connectivity index (χ4n) is 1.35. The molecule has 0 saturated carbocycles. The van der Waals surface area contributed by atoms with Crippen molar-refractivity contribution in [3.8, 4) is 17.6 Å². The minimum atomic E-state index is 0.428. The maximum Gasteiger partial charge on any atom is 0.145 e. The second kappa shape index (κ2) is 4.77. The number of nitriles is 1. The van der Waals surface area contributed by atoms with E-state index in [4.69, 9.17) is 27.3 Å². The van der Waals surface area contributed by atoms with Gasteiger partial charge in [-0.3, -0.25) is 0 Å². The number of benzene rings is 2. The molecular formula is C13H9ClN2O. The Morgan fingerprint density at radius 3 is 2.65 bits per heavy atom. The number of halogens is 1. The van der Waals surface area contributed by atoms with Crippen LogP contribution in [-0.2, 0) is 0 Å². The molecule has 0 aliphatic carbocycles. The molecule has 0 aliphatic rings. The predicted molar refractivity (Wildman–Crippen MR) is 67.1 cm³/mol. The van der Waals surface area contributed by atoms with E-state index in [9.17, 15) is 0 Å². The van der Waals surface area contributed by atoms with Gasteiger partial charge in [-0.2, -0.15) is 5.26 Å². The quantitative estimate of drug-likeness (QED) is 0.822. The Morgan fingerprint density at radius 1 is 1.18 bits per heavy atom. The van der Waals surface area contributed by atoms with Crippen molar-refractivity contribution in [2.24, 2.45) is 0 Å². The van der Waals surface area contributed by atoms with Gasteiger partial charge >= 0.3 is 0 Å². The monoisotopic (exact) mass is 244 g/mol. The van der Waals surface area contributed by atoms with E-state index in [2.05, 4.69) is 6.07 Å². The molecule has 84 valence electrons. The van der Waals surface area contributed by atoms with Crippen LogP contribution < -0.4 is 10.5 Å². The third-order valence-electron chi connectivity index (χ3n) is 2.21. The first-order valence-corrected chi connectivity index (χ1v) is 5.30. The van der Waals surface area contributed by atoms with E-state index in [1.807, 2.05) is 0 Å². The number of rotatable bonds is 2. The van der Waals surface area contributed by atoms with Gasteiger partial charge < -0.3 is 10.5 Å². The largest absolute Gasteiger partial charge is 0.456 e. The van der Waals surface area contributed by atoms with Gasteiger partial charge in [0.1, 0.15) is 17.6 Å². The van der Waals surface area contributed by atoms with E-state index in [0.29, 0.717) is 27.8 Å². The summed E-state index contributed by atoms with van der Waals surface area (Å²) in [5.41, 5.74) is 6.56. The van der Waals surface area contributed by atoms with Crippen molar-refractivity contribution in [2.75, 3.05) is 5.73 Å². The van der Waals surface area contributed by atoms with Crippen LogP contribution in [0, 0.1) is 11.3 Å². The highest BCUT2D eigenvalue weighted by atomic mass is 35.5. The summed E-state index contributed by atoms with van der Waals surface area (Å²) in [6.45, 7) is 0. The summed E-state index contributed by atoms with van der Waals surface area (Å²) < 4.78 is 5.57. The predicted octanol–water partition coefficient (Wildman–Crippen LogP) is 3.59. The lowest BCUT2D eigenvalue weighted by atomic mass is 10.2. The summed E-state index contributed by atoms with van der Waals surface area (Å²) in [6, 6.07) is 14.0. The molecule has 2 N–H and O–H groups in total. The molecule has 2 aromatic carbocycles. The molecule has 0 saturated heterocycles. The summed E-state index contributed by atoms with van der Waals surface area (Å²) in [4.78, 5) is 0. The van der Waals surface area contributed by atoms with Gasteiger partial charge in [-0.25, -0.2) is 0 Å². The van der Waals surface area contributed by atoms with Crippen LogP contribution in [0.2, 0.25) is 5.02 Å². The molecule has 0 atom stereocenters. The third kappa shape index (κ3) is 2.49. The lowest BCUT2D eigenvalue weighted by molar-refractivity contribution is 0.481. The molecule has 17 heavy (non-hydrogen) atoms. The maximum atomic E-state index is 8.92. The average molecular weight is 245 g/mol. The third-order valence-corrected chi connectivity index (χ3v) is 2.53. The van der Waals surface area contributed by atoms with Gasteiger partial charge in [-0.05, 0) is 24.3 Å². The number of hydrogen-bond acceptors (Lipinski definition) is 3. The van der Waals surface area contributed by atoms with Gasteiger partial charge in [0, 0.05) is 6.07 Å². The zero-order chi connectivity index (χ0) is 12.3. The van der Waals surface area contributed by atoms with Gasteiger partial charge in [0.25, 0.3) is 0 Å². The zero-order valence-electron chi connectivity index (χ0n) is 8.85. The molecule has 2 aromatic rings. The normalized spacial score (nSPS) is 9.65. The molecule has 0 spiro atoms. The van der Waals surface area contributed by atoms with Gasteiger partial charge in [-0.1, -0.05) is 23.7 Å². The Morgan fingerprint density at radius 2 is 1.94 bits per heavy atom. The van der Waals surface area contributed by atoms with Gasteiger partial charge in [-0.15, -0.1) is 0 Å². The number of nitrogens with two attached hydrogens (primary N) is 1. The summed E-state index contributed by atoms with van der Waals surface area (Å²) in [7, 11) is 0. The zero-order valence-corrected chi connectivity index (χ0v) is 9.61. The lowest BCUT2D eigenvalue weighted by Gasteiger charge is -2.08. The molecule has 0 unspecified atom stereocenters. The lowest BCUT2D eigenvalue weighted by Crippen LogP contribution is -1.90. The van der Waals surface area contributed by atoms with Crippen LogP contribution in [-0.4, -0.2) is 0 Å². The van der Waals surface area contributed by atoms with E-state index in [0.717, 1.165) is 0 Å². The van der Waals surface area contributed by atoms with E-state index in [1.165, 1.54) is 0 Å². The Hall–Kier alpha value is -2.18. The number of hydrogen-bond donors (Lipinski definition) is 1. The van der Waals surface area contributed by atoms with E-state index in [1.54, 1.807) is 42.5 Å². The summed E-state index contributed by atoms with van der Waals surface area (Å²) >= 11 is 5.88. The molecule has 0 aliphatic heterocycles. The first kappa shape index (κ1) is 11.3. The SMILES string of the molecule is N#Cc1ccccc1Oc1ccc(N)c(Cl)c1. The Kier molecular flexibility index (Phi) is 3.17. The molecule has 3 nitrogen and oxygen atoms in total. The van der Waals surface area contributed by atoms with Crippen LogP contribution in [0.4, 0.5) is 5.69 Å². The molecule has 0 fully saturated rings. The smallest absolute Gasteiger partial charge is 0.145 e. The highest BCUT2D eigenvalue weighted by Gasteiger charge is 2.04. The number of para-hydroxylation sites is 1. The molecular weight excluding hydrogens is 236 g/mol. The summed E-state index contributed by atoms with van der Waals surface area (Å²) in [6.07, 6.45) is 0. The van der Waals surface area contributed by atoms with Crippen molar-refractivity contribution in [2.45, 2.75) is 0 Å². The van der Waals surface area contributed by atoms with Crippen LogP contribution in [0.25, 0.3) is 0 Å². The minimum absolute atomic E-state index is 0.428. The van der Waals surface area contributed by atoms with Crippen molar-refractivity contribution in [3.05, 3.63) is 53.1 Å². The second-order valence-electron chi connectivity index (χ2n) is 3.39. The fraction of sp³-hybridized carbons (Fsp3) is 0. The highest BCUT2D eigenvalue weighted by molar-refractivity contribution is 6.33. The van der Waals surface area contributed by atoms with E-state index in [-0.39, 0.29) is 0 Å². The molecule has 4 heteroatoms. The average Bonchev–Trinajstić information content (AvgIpc) is 2.34. The molecule has 0 radical (unpaired) electrons. The minimum Gasteiger partial charge on any atom is -0.456 e. The summed E-state index contributed by atoms with van der Waals surface area (Å²) in [5, 5.41) is 9.35. The molecule has 0 amide bonds. The van der Waals surface area contributed by atoms with Crippen molar-refractivity contribution >= 4 is 17.3 Å². The number of ether oxygens (including phenoxy) is 1. The molecule has 2 rings (SSSR count). The number of nitrogen functional groups attached to an aromatic ring is 1. The second-order valence-corrected chi connectivity index (χ2v) is 3.80. The van der Waals surface area contributed by atoms with Gasteiger partial charge in [0.15, 0.2) is 0 Å². The van der Waals surface area contributed by atoms with Crippen LogP contribution in [0.1, 0.15) is 5.56 Å². The van der Waals surface area contributed by atoms with Crippen LogP contribution in [0.15, 0.2) is 42.5 Å². The molecule has 0 bridgehead atoms. The maximum absolute atomic E-state index is 8.92. The topological polar surface area (TPSA) is 59.0 Å². The fourth-order valence-corrected chi connectivity index (χ4v) is 1.52. The number of nitrogens with zero attached hydrogens (tertiary/aromatic N) is 1.